The number of alkyl halides is 1. The summed E-state index contributed by atoms with van der Waals surface area (Å²) < 4.78 is 18.8. The monoisotopic (exact) mass is 189 g/mol. The smallest absolute Gasteiger partial charge is 0.131 e. The van der Waals surface area contributed by atoms with Gasteiger partial charge in [-0.25, -0.2) is 4.39 Å². The van der Waals surface area contributed by atoms with Gasteiger partial charge in [0.2, 0.25) is 0 Å². The second-order valence-electron chi connectivity index (χ2n) is 4.88. The number of hydrogen-bond donors (Lipinski definition) is 0. The van der Waals surface area contributed by atoms with Gasteiger partial charge in [0.1, 0.15) is 6.17 Å². The molecule has 13 heavy (non-hydrogen) atoms. The summed E-state index contributed by atoms with van der Waals surface area (Å²) in [7, 11) is 1.93. The Morgan fingerprint density at radius 2 is 2.00 bits per heavy atom. The minimum Gasteiger partial charge on any atom is -0.371 e. The van der Waals surface area contributed by atoms with E-state index in [1.807, 2.05) is 39.6 Å². The van der Waals surface area contributed by atoms with Crippen molar-refractivity contribution in [1.29, 1.82) is 0 Å². The molecule has 0 aliphatic carbocycles. The van der Waals surface area contributed by atoms with E-state index < -0.39 is 6.17 Å². The van der Waals surface area contributed by atoms with Crippen molar-refractivity contribution < 1.29 is 9.13 Å². The maximum absolute atomic E-state index is 13.1. The summed E-state index contributed by atoms with van der Waals surface area (Å²) in [6.45, 7) is 8.47. The molecule has 1 fully saturated rings. The number of hydrogen-bond acceptors (Lipinski definition) is 2. The number of halogens is 1. The summed E-state index contributed by atoms with van der Waals surface area (Å²) in [5, 5.41) is 0. The van der Waals surface area contributed by atoms with Crippen molar-refractivity contribution in [1.82, 2.24) is 4.90 Å². The zero-order valence-electron chi connectivity index (χ0n) is 9.17. The molecule has 1 heterocycles. The molecule has 0 aromatic heterocycles. The second-order valence-corrected chi connectivity index (χ2v) is 4.88. The van der Waals surface area contributed by atoms with Crippen LogP contribution in [0.1, 0.15) is 27.7 Å². The minimum atomic E-state index is -0.720. The molecule has 1 saturated heterocycles. The average molecular weight is 189 g/mol. The molecule has 0 bridgehead atoms. The molecule has 0 amide bonds. The van der Waals surface area contributed by atoms with Crippen molar-refractivity contribution in [2.24, 2.45) is 0 Å². The van der Waals surface area contributed by atoms with Gasteiger partial charge in [0.15, 0.2) is 0 Å². The van der Waals surface area contributed by atoms with E-state index in [1.165, 1.54) is 0 Å². The average Bonchev–Trinajstić information content (AvgIpc) is 1.80. The molecule has 0 spiro atoms. The van der Waals surface area contributed by atoms with Crippen molar-refractivity contribution in [3.05, 3.63) is 0 Å². The highest BCUT2D eigenvalue weighted by atomic mass is 19.1. The molecule has 1 aliphatic rings. The molecule has 3 atom stereocenters. The Morgan fingerprint density at radius 3 is 2.31 bits per heavy atom. The number of nitrogens with zero attached hydrogens (tertiary/aromatic N) is 1. The molecule has 2 nitrogen and oxygen atoms in total. The van der Waals surface area contributed by atoms with Crippen molar-refractivity contribution in [2.75, 3.05) is 13.6 Å². The SMILES string of the molecule is C[C@H](OC(C)(C)C)[C@@H]1C(F)CN1C. The first-order chi connectivity index (χ1) is 5.81. The highest BCUT2D eigenvalue weighted by Crippen LogP contribution is 2.26. The maximum atomic E-state index is 13.1. The standard InChI is InChI=1S/C10H20FNO/c1-7(13-10(2,3)4)9-8(11)6-12(9)5/h7-9H,6H2,1-5H3/t7-,8?,9+/m0/s1. The summed E-state index contributed by atoms with van der Waals surface area (Å²) in [6.07, 6.45) is -0.754. The fourth-order valence-corrected chi connectivity index (χ4v) is 1.92. The van der Waals surface area contributed by atoms with E-state index in [0.29, 0.717) is 6.54 Å². The molecule has 0 aromatic rings. The van der Waals surface area contributed by atoms with Crippen LogP contribution in [0.25, 0.3) is 0 Å². The van der Waals surface area contributed by atoms with Crippen molar-refractivity contribution in [3.63, 3.8) is 0 Å². The first kappa shape index (κ1) is 10.9. The predicted octanol–water partition coefficient (Wildman–Crippen LogP) is 1.84. The third-order valence-electron chi connectivity index (χ3n) is 2.36. The summed E-state index contributed by atoms with van der Waals surface area (Å²) in [6, 6.07) is -0.0563. The van der Waals surface area contributed by atoms with Gasteiger partial charge in [-0.05, 0) is 34.7 Å². The van der Waals surface area contributed by atoms with Crippen LogP contribution in [0, 0.1) is 0 Å². The Kier molecular flexibility index (Phi) is 2.98. The van der Waals surface area contributed by atoms with E-state index in [-0.39, 0.29) is 17.7 Å². The van der Waals surface area contributed by atoms with E-state index in [1.54, 1.807) is 0 Å². The summed E-state index contributed by atoms with van der Waals surface area (Å²) >= 11 is 0. The van der Waals surface area contributed by atoms with E-state index in [4.69, 9.17) is 4.74 Å². The Hall–Kier alpha value is -0.150. The number of likely N-dealkylation sites (tertiary alicyclic amines) is 1. The maximum Gasteiger partial charge on any atom is 0.131 e. The highest BCUT2D eigenvalue weighted by molar-refractivity contribution is 4.94. The van der Waals surface area contributed by atoms with Crippen LogP contribution < -0.4 is 0 Å². The Morgan fingerprint density at radius 1 is 1.46 bits per heavy atom. The predicted molar refractivity (Wildman–Crippen MR) is 51.6 cm³/mol. The zero-order valence-corrected chi connectivity index (χ0v) is 9.17. The van der Waals surface area contributed by atoms with Crippen LogP contribution >= 0.6 is 0 Å². The quantitative estimate of drug-likeness (QED) is 0.657. The van der Waals surface area contributed by atoms with Crippen LogP contribution in [0.4, 0.5) is 4.39 Å². The van der Waals surface area contributed by atoms with Crippen LogP contribution in [0.5, 0.6) is 0 Å². The van der Waals surface area contributed by atoms with Gasteiger partial charge in [0.25, 0.3) is 0 Å². The van der Waals surface area contributed by atoms with Gasteiger partial charge >= 0.3 is 0 Å². The third kappa shape index (κ3) is 2.64. The molecule has 0 aromatic carbocycles. The van der Waals surface area contributed by atoms with Gasteiger partial charge in [-0.15, -0.1) is 0 Å². The van der Waals surface area contributed by atoms with Gasteiger partial charge in [-0.3, -0.25) is 4.90 Å². The molecule has 78 valence electrons. The van der Waals surface area contributed by atoms with Crippen LogP contribution in [-0.2, 0) is 4.74 Å². The van der Waals surface area contributed by atoms with Crippen molar-refractivity contribution in [2.45, 2.75) is 51.6 Å². The molecule has 1 unspecified atom stereocenters. The van der Waals surface area contributed by atoms with Crippen LogP contribution in [-0.4, -0.2) is 42.4 Å². The fourth-order valence-electron chi connectivity index (χ4n) is 1.92. The van der Waals surface area contributed by atoms with E-state index in [9.17, 15) is 4.39 Å². The van der Waals surface area contributed by atoms with Crippen LogP contribution in [0.3, 0.4) is 0 Å². The number of ether oxygens (including phenoxy) is 1. The minimum absolute atomic E-state index is 0.0336. The molecule has 1 aliphatic heterocycles. The van der Waals surface area contributed by atoms with Gasteiger partial charge in [0, 0.05) is 6.54 Å². The number of likely N-dealkylation sites (N-methyl/N-ethyl adjacent to an activating group) is 1. The van der Waals surface area contributed by atoms with Gasteiger partial charge in [0.05, 0.1) is 17.7 Å². The Balaban J connectivity index is 2.43. The topological polar surface area (TPSA) is 12.5 Å². The lowest BCUT2D eigenvalue weighted by Gasteiger charge is -2.46. The summed E-state index contributed by atoms with van der Waals surface area (Å²) in [5.74, 6) is 0. The molecular weight excluding hydrogens is 169 g/mol. The van der Waals surface area contributed by atoms with Crippen LogP contribution in [0.15, 0.2) is 0 Å². The van der Waals surface area contributed by atoms with E-state index >= 15 is 0 Å². The van der Waals surface area contributed by atoms with E-state index in [2.05, 4.69) is 0 Å². The van der Waals surface area contributed by atoms with E-state index in [0.717, 1.165) is 0 Å². The lowest BCUT2D eigenvalue weighted by Crippen LogP contribution is -2.61. The first-order valence-electron chi connectivity index (χ1n) is 4.83. The lowest BCUT2D eigenvalue weighted by atomic mass is 9.96. The lowest BCUT2D eigenvalue weighted by molar-refractivity contribution is -0.132. The Bertz CT molecular complexity index is 170. The molecule has 0 saturated carbocycles. The number of rotatable bonds is 2. The van der Waals surface area contributed by atoms with Crippen LogP contribution in [0.2, 0.25) is 0 Å². The largest absolute Gasteiger partial charge is 0.371 e. The molecule has 0 radical (unpaired) electrons. The molecule has 1 rings (SSSR count). The summed E-state index contributed by atoms with van der Waals surface area (Å²) in [5.41, 5.74) is -0.185. The molecule has 3 heteroatoms. The van der Waals surface area contributed by atoms with Crippen molar-refractivity contribution in [3.8, 4) is 0 Å². The summed E-state index contributed by atoms with van der Waals surface area (Å²) in [4.78, 5) is 2.00. The molecular formula is C10H20FNO. The van der Waals surface area contributed by atoms with Gasteiger partial charge in [-0.2, -0.15) is 0 Å². The van der Waals surface area contributed by atoms with Crippen molar-refractivity contribution >= 4 is 0 Å². The second kappa shape index (κ2) is 3.54. The zero-order chi connectivity index (χ0) is 10.2. The molecule has 0 N–H and O–H groups in total. The normalized spacial score (nSPS) is 32.8. The fraction of sp³-hybridized carbons (Fsp3) is 1.00. The van der Waals surface area contributed by atoms with Gasteiger partial charge in [-0.1, -0.05) is 0 Å². The highest BCUT2D eigenvalue weighted by Gasteiger charge is 2.41. The first-order valence-corrected chi connectivity index (χ1v) is 4.83. The van der Waals surface area contributed by atoms with Gasteiger partial charge < -0.3 is 4.74 Å². The Labute approximate surface area is 80.1 Å². The third-order valence-corrected chi connectivity index (χ3v) is 2.36.